The van der Waals surface area contributed by atoms with Gasteiger partial charge in [0.25, 0.3) is 5.91 Å². The van der Waals surface area contributed by atoms with E-state index in [-0.39, 0.29) is 29.5 Å². The third-order valence-corrected chi connectivity index (χ3v) is 5.09. The lowest BCUT2D eigenvalue weighted by Gasteiger charge is -2.09. The number of rotatable bonds is 7. The number of carbonyl (C=O) groups excluding carboxylic acids is 2. The number of hydrogen-bond donors (Lipinski definition) is 2. The molecule has 0 radical (unpaired) electrons. The second kappa shape index (κ2) is 9.27. The largest absolute Gasteiger partial charge is 0.435 e. The van der Waals surface area contributed by atoms with Gasteiger partial charge in [0.1, 0.15) is 10.6 Å². The molecule has 160 valence electrons. The molecule has 4 aromatic rings. The van der Waals surface area contributed by atoms with Crippen LogP contribution >= 0.6 is 11.3 Å². The summed E-state index contributed by atoms with van der Waals surface area (Å²) >= 11 is 1.21. The molecule has 11 heteroatoms. The van der Waals surface area contributed by atoms with Gasteiger partial charge in [0.05, 0.1) is 6.42 Å². The molecule has 9 nitrogen and oxygen atoms in total. The second-order valence-corrected chi connectivity index (χ2v) is 7.44. The quantitative estimate of drug-likeness (QED) is 0.442. The molecule has 0 fully saturated rings. The molecule has 0 spiro atoms. The van der Waals surface area contributed by atoms with Crippen LogP contribution in [0.1, 0.15) is 15.9 Å². The number of hydrogen-bond acceptors (Lipinski definition) is 8. The number of halogens is 1. The lowest BCUT2D eigenvalue weighted by molar-refractivity contribution is -0.115. The van der Waals surface area contributed by atoms with E-state index < -0.39 is 11.7 Å². The minimum atomic E-state index is -0.745. The van der Waals surface area contributed by atoms with Crippen molar-refractivity contribution in [3.8, 4) is 22.2 Å². The summed E-state index contributed by atoms with van der Waals surface area (Å²) in [4.78, 5) is 31.6. The zero-order chi connectivity index (χ0) is 22.5. The van der Waals surface area contributed by atoms with Crippen molar-refractivity contribution in [3.63, 3.8) is 0 Å². The third kappa shape index (κ3) is 4.90. The fourth-order valence-corrected chi connectivity index (χ4v) is 3.50. The van der Waals surface area contributed by atoms with Gasteiger partial charge in [-0.1, -0.05) is 17.4 Å². The highest BCUT2D eigenvalue weighted by Gasteiger charge is 2.15. The van der Waals surface area contributed by atoms with Gasteiger partial charge in [0.2, 0.25) is 16.9 Å². The molecule has 0 atom stereocenters. The van der Waals surface area contributed by atoms with Crippen molar-refractivity contribution in [2.24, 2.45) is 5.73 Å². The van der Waals surface area contributed by atoms with Gasteiger partial charge in [-0.25, -0.2) is 9.37 Å². The zero-order valence-electron chi connectivity index (χ0n) is 16.4. The third-order valence-electron chi connectivity index (χ3n) is 4.20. The van der Waals surface area contributed by atoms with E-state index in [1.54, 1.807) is 24.5 Å². The Bertz CT molecular complexity index is 1280. The Hall–Kier alpha value is -4.25. The van der Waals surface area contributed by atoms with Crippen LogP contribution in [0.15, 0.2) is 61.1 Å². The first kappa shape index (κ1) is 21.0. The monoisotopic (exact) mass is 450 g/mol. The first-order valence-corrected chi connectivity index (χ1v) is 10.1. The van der Waals surface area contributed by atoms with Gasteiger partial charge in [-0.2, -0.15) is 0 Å². The molecule has 32 heavy (non-hydrogen) atoms. The van der Waals surface area contributed by atoms with E-state index in [0.29, 0.717) is 15.7 Å². The number of nitrogens with two attached hydrogens (primary N) is 1. The van der Waals surface area contributed by atoms with Crippen molar-refractivity contribution >= 4 is 28.3 Å². The van der Waals surface area contributed by atoms with Crippen LogP contribution in [-0.2, 0) is 11.2 Å². The number of primary amides is 1. The number of carbonyl (C=O) groups is 2. The maximum absolute atomic E-state index is 14.5. The highest BCUT2D eigenvalue weighted by atomic mass is 32.1. The number of aromatic nitrogens is 4. The number of pyridine rings is 2. The minimum absolute atomic E-state index is 0.0264. The number of benzene rings is 1. The highest BCUT2D eigenvalue weighted by molar-refractivity contribution is 7.18. The SMILES string of the molecule is NC(=O)c1cccnc1Oc1ccc(CC(=O)Nc2nnc(-c3ccncc3)s2)cc1F. The minimum Gasteiger partial charge on any atom is -0.435 e. The fourth-order valence-electron chi connectivity index (χ4n) is 2.73. The van der Waals surface area contributed by atoms with Gasteiger partial charge in [0.15, 0.2) is 11.6 Å². The van der Waals surface area contributed by atoms with Crippen LogP contribution in [0.25, 0.3) is 10.6 Å². The lowest BCUT2D eigenvalue weighted by atomic mass is 10.1. The molecular weight excluding hydrogens is 435 g/mol. The summed E-state index contributed by atoms with van der Waals surface area (Å²) in [7, 11) is 0. The summed E-state index contributed by atoms with van der Waals surface area (Å²) < 4.78 is 19.9. The van der Waals surface area contributed by atoms with E-state index in [9.17, 15) is 14.0 Å². The van der Waals surface area contributed by atoms with Crippen LogP contribution in [-0.4, -0.2) is 32.0 Å². The van der Waals surface area contributed by atoms with E-state index in [4.69, 9.17) is 10.5 Å². The Kier molecular flexibility index (Phi) is 6.08. The van der Waals surface area contributed by atoms with Gasteiger partial charge in [0, 0.05) is 24.2 Å². The number of nitrogens with one attached hydrogen (secondary N) is 1. The Morgan fingerprint density at radius 3 is 2.66 bits per heavy atom. The van der Waals surface area contributed by atoms with Crippen LogP contribution in [0.3, 0.4) is 0 Å². The summed E-state index contributed by atoms with van der Waals surface area (Å²) in [5.41, 5.74) is 6.56. The molecule has 0 aliphatic rings. The Morgan fingerprint density at radius 1 is 1.09 bits per heavy atom. The maximum atomic E-state index is 14.5. The molecule has 0 unspecified atom stereocenters. The predicted molar refractivity (Wildman–Crippen MR) is 115 cm³/mol. The first-order chi connectivity index (χ1) is 15.5. The molecule has 0 bridgehead atoms. The normalized spacial score (nSPS) is 10.5. The molecule has 0 aliphatic carbocycles. The number of anilines is 1. The average Bonchev–Trinajstić information content (AvgIpc) is 3.25. The molecule has 2 amide bonds. The van der Waals surface area contributed by atoms with Gasteiger partial charge in [-0.3, -0.25) is 14.6 Å². The van der Waals surface area contributed by atoms with Crippen molar-refractivity contribution in [3.05, 3.63) is 78.0 Å². The van der Waals surface area contributed by atoms with Crippen molar-refractivity contribution < 1.29 is 18.7 Å². The van der Waals surface area contributed by atoms with E-state index in [2.05, 4.69) is 25.5 Å². The number of nitrogens with zero attached hydrogens (tertiary/aromatic N) is 4. The lowest BCUT2D eigenvalue weighted by Crippen LogP contribution is -2.14. The van der Waals surface area contributed by atoms with Crippen molar-refractivity contribution in [1.29, 1.82) is 0 Å². The molecule has 0 saturated heterocycles. The maximum Gasteiger partial charge on any atom is 0.254 e. The predicted octanol–water partition coefficient (Wildman–Crippen LogP) is 3.21. The Morgan fingerprint density at radius 2 is 1.91 bits per heavy atom. The molecule has 0 saturated carbocycles. The molecule has 3 N–H and O–H groups in total. The van der Waals surface area contributed by atoms with Crippen molar-refractivity contribution in [1.82, 2.24) is 20.2 Å². The van der Waals surface area contributed by atoms with Crippen LogP contribution in [0.2, 0.25) is 0 Å². The van der Waals surface area contributed by atoms with Crippen LogP contribution in [0.5, 0.6) is 11.6 Å². The molecule has 1 aromatic carbocycles. The highest BCUT2D eigenvalue weighted by Crippen LogP contribution is 2.27. The summed E-state index contributed by atoms with van der Waals surface area (Å²) in [6, 6.07) is 10.6. The van der Waals surface area contributed by atoms with Gasteiger partial charge < -0.3 is 15.8 Å². The molecule has 4 rings (SSSR count). The van der Waals surface area contributed by atoms with Crippen molar-refractivity contribution in [2.75, 3.05) is 5.32 Å². The summed E-state index contributed by atoms with van der Waals surface area (Å²) in [5, 5.41) is 11.6. The van der Waals surface area contributed by atoms with E-state index in [1.807, 2.05) is 0 Å². The molecule has 3 aromatic heterocycles. The smallest absolute Gasteiger partial charge is 0.254 e. The summed E-state index contributed by atoms with van der Waals surface area (Å²) in [6.07, 6.45) is 4.59. The van der Waals surface area contributed by atoms with Crippen LogP contribution in [0.4, 0.5) is 9.52 Å². The van der Waals surface area contributed by atoms with Gasteiger partial charge in [-0.05, 0) is 42.0 Å². The van der Waals surface area contributed by atoms with Crippen molar-refractivity contribution in [2.45, 2.75) is 6.42 Å². The van der Waals surface area contributed by atoms with E-state index in [1.165, 1.54) is 47.9 Å². The van der Waals surface area contributed by atoms with Gasteiger partial charge in [-0.15, -0.1) is 10.2 Å². The summed E-state index contributed by atoms with van der Waals surface area (Å²) in [6.45, 7) is 0. The second-order valence-electron chi connectivity index (χ2n) is 6.46. The number of amides is 2. The topological polar surface area (TPSA) is 133 Å². The van der Waals surface area contributed by atoms with E-state index >= 15 is 0 Å². The number of ether oxygens (including phenoxy) is 1. The standard InChI is InChI=1S/C21H15FN6O3S/c22-15-10-12(3-4-16(15)31-19-14(18(23)30)2-1-7-25-19)11-17(29)26-21-28-27-20(32-21)13-5-8-24-9-6-13/h1-10H,11H2,(H2,23,30)(H,26,28,29). The van der Waals surface area contributed by atoms with Crippen LogP contribution < -0.4 is 15.8 Å². The van der Waals surface area contributed by atoms with Gasteiger partial charge >= 0.3 is 0 Å². The first-order valence-electron chi connectivity index (χ1n) is 9.24. The summed E-state index contributed by atoms with van der Waals surface area (Å²) in [5.74, 6) is -2.10. The Labute approximate surface area is 185 Å². The zero-order valence-corrected chi connectivity index (χ0v) is 17.2. The van der Waals surface area contributed by atoms with Crippen LogP contribution in [0, 0.1) is 5.82 Å². The fraction of sp³-hybridized carbons (Fsp3) is 0.0476. The molecule has 3 heterocycles. The average molecular weight is 450 g/mol. The van der Waals surface area contributed by atoms with E-state index in [0.717, 1.165) is 5.56 Å². The molecular formula is C21H15FN6O3S. The Balaban J connectivity index is 1.41. The molecule has 0 aliphatic heterocycles.